The van der Waals surface area contributed by atoms with E-state index in [0.29, 0.717) is 21.5 Å². The fourth-order valence-electron chi connectivity index (χ4n) is 1.53. The molecule has 0 saturated carbocycles. The Bertz CT molecular complexity index is 573. The molecule has 0 bridgehead atoms. The first-order valence-electron chi connectivity index (χ1n) is 5.26. The molecule has 0 heterocycles. The van der Waals surface area contributed by atoms with E-state index in [2.05, 4.69) is 5.32 Å². The molecule has 3 N–H and O–H groups in total. The minimum atomic E-state index is 0.504. The fraction of sp³-hybridized carbons (Fsp3) is 0.0769. The molecule has 18 heavy (non-hydrogen) atoms. The van der Waals surface area contributed by atoms with Gasteiger partial charge in [-0.3, -0.25) is 0 Å². The van der Waals surface area contributed by atoms with E-state index >= 15 is 0 Å². The van der Waals surface area contributed by atoms with Crippen LogP contribution in [0.5, 0.6) is 5.75 Å². The number of hydrogen-bond donors (Lipinski definition) is 2. The minimum Gasteiger partial charge on any atom is -0.495 e. The maximum absolute atomic E-state index is 5.95. The molecule has 0 saturated heterocycles. The molecular weight excluding hydrogens is 271 g/mol. The Kier molecular flexibility index (Phi) is 3.84. The summed E-state index contributed by atoms with van der Waals surface area (Å²) in [5.41, 5.74) is 8.04. The van der Waals surface area contributed by atoms with Crippen molar-refractivity contribution < 1.29 is 4.74 Å². The van der Waals surface area contributed by atoms with Gasteiger partial charge in [-0.2, -0.15) is 0 Å². The van der Waals surface area contributed by atoms with Crippen LogP contribution < -0.4 is 15.8 Å². The van der Waals surface area contributed by atoms with Crippen molar-refractivity contribution in [3.63, 3.8) is 0 Å². The summed E-state index contributed by atoms with van der Waals surface area (Å²) in [5, 5.41) is 4.22. The van der Waals surface area contributed by atoms with E-state index in [-0.39, 0.29) is 0 Å². The van der Waals surface area contributed by atoms with Crippen LogP contribution in [0.1, 0.15) is 0 Å². The van der Waals surface area contributed by atoms with Crippen LogP contribution in [0.2, 0.25) is 10.0 Å². The molecule has 0 aromatic heterocycles. The number of methoxy groups -OCH3 is 1. The molecule has 0 aliphatic rings. The third-order valence-corrected chi connectivity index (χ3v) is 3.18. The lowest BCUT2D eigenvalue weighted by Gasteiger charge is -2.10. The first-order chi connectivity index (χ1) is 8.60. The van der Waals surface area contributed by atoms with Crippen molar-refractivity contribution in [2.45, 2.75) is 0 Å². The first kappa shape index (κ1) is 12.9. The third kappa shape index (κ3) is 2.81. The molecule has 0 radical (unpaired) electrons. The van der Waals surface area contributed by atoms with Crippen molar-refractivity contribution in [2.24, 2.45) is 0 Å². The minimum absolute atomic E-state index is 0.504. The Morgan fingerprint density at radius 2 is 1.67 bits per heavy atom. The van der Waals surface area contributed by atoms with Crippen molar-refractivity contribution in [3.8, 4) is 5.75 Å². The zero-order chi connectivity index (χ0) is 13.1. The lowest BCUT2D eigenvalue weighted by Crippen LogP contribution is -1.95. The lowest BCUT2D eigenvalue weighted by molar-refractivity contribution is 0.417. The van der Waals surface area contributed by atoms with Crippen LogP contribution >= 0.6 is 23.2 Å². The lowest BCUT2D eigenvalue weighted by atomic mass is 10.2. The molecule has 2 rings (SSSR count). The molecule has 94 valence electrons. The number of halogens is 2. The van der Waals surface area contributed by atoms with E-state index in [1.165, 1.54) is 0 Å². The summed E-state index contributed by atoms with van der Waals surface area (Å²) in [6, 6.07) is 10.8. The summed E-state index contributed by atoms with van der Waals surface area (Å²) in [5.74, 6) is 0.625. The molecule has 0 atom stereocenters. The van der Waals surface area contributed by atoms with Crippen molar-refractivity contribution in [1.82, 2.24) is 0 Å². The Morgan fingerprint density at radius 1 is 1.00 bits per heavy atom. The molecule has 0 aliphatic heterocycles. The van der Waals surface area contributed by atoms with Gasteiger partial charge < -0.3 is 15.8 Å². The molecule has 2 aromatic rings. The first-order valence-corrected chi connectivity index (χ1v) is 6.01. The summed E-state index contributed by atoms with van der Waals surface area (Å²) in [7, 11) is 1.58. The predicted molar refractivity (Wildman–Crippen MR) is 77.2 cm³/mol. The standard InChI is InChI=1S/C13H12Cl2N2O/c1-18-13-7-9(3-5-12(13)16)17-8-2-4-10(14)11(15)6-8/h2-7,17H,16H2,1H3. The number of nitrogens with two attached hydrogens (primary N) is 1. The predicted octanol–water partition coefficient (Wildman–Crippen LogP) is 4.33. The number of anilines is 3. The second-order valence-corrected chi connectivity index (χ2v) is 4.53. The highest BCUT2D eigenvalue weighted by atomic mass is 35.5. The normalized spacial score (nSPS) is 10.2. The van der Waals surface area contributed by atoms with Crippen molar-refractivity contribution in [3.05, 3.63) is 46.4 Å². The smallest absolute Gasteiger partial charge is 0.143 e. The second-order valence-electron chi connectivity index (χ2n) is 3.71. The highest BCUT2D eigenvalue weighted by Gasteiger charge is 2.03. The second kappa shape index (κ2) is 5.38. The molecule has 0 amide bonds. The average molecular weight is 283 g/mol. The maximum Gasteiger partial charge on any atom is 0.143 e. The molecule has 0 aliphatic carbocycles. The molecule has 0 fully saturated rings. The zero-order valence-electron chi connectivity index (χ0n) is 9.71. The number of ether oxygens (including phenoxy) is 1. The molecular formula is C13H12Cl2N2O. The maximum atomic E-state index is 5.95. The van der Waals surface area contributed by atoms with E-state index in [0.717, 1.165) is 11.4 Å². The monoisotopic (exact) mass is 282 g/mol. The van der Waals surface area contributed by atoms with Crippen LogP contribution in [0.3, 0.4) is 0 Å². The van der Waals surface area contributed by atoms with Gasteiger partial charge in [0.2, 0.25) is 0 Å². The summed E-state index contributed by atoms with van der Waals surface area (Å²) in [6.45, 7) is 0. The van der Waals surface area contributed by atoms with Gasteiger partial charge in [-0.25, -0.2) is 0 Å². The quantitative estimate of drug-likeness (QED) is 0.824. The third-order valence-electron chi connectivity index (χ3n) is 2.44. The van der Waals surface area contributed by atoms with Gasteiger partial charge in [-0.1, -0.05) is 23.2 Å². The Balaban J connectivity index is 2.25. The fourth-order valence-corrected chi connectivity index (χ4v) is 1.83. The largest absolute Gasteiger partial charge is 0.495 e. The van der Waals surface area contributed by atoms with Gasteiger partial charge in [0.25, 0.3) is 0 Å². The average Bonchev–Trinajstić information content (AvgIpc) is 2.36. The number of nitrogens with one attached hydrogen (secondary N) is 1. The molecule has 2 aromatic carbocycles. The van der Waals surface area contributed by atoms with Crippen molar-refractivity contribution in [1.29, 1.82) is 0 Å². The summed E-state index contributed by atoms with van der Waals surface area (Å²) < 4.78 is 5.15. The van der Waals surface area contributed by atoms with Crippen LogP contribution in [0, 0.1) is 0 Å². The van der Waals surface area contributed by atoms with E-state index < -0.39 is 0 Å². The van der Waals surface area contributed by atoms with Crippen molar-refractivity contribution >= 4 is 40.3 Å². The van der Waals surface area contributed by atoms with Gasteiger partial charge in [-0.05, 0) is 30.3 Å². The van der Waals surface area contributed by atoms with Gasteiger partial charge in [0, 0.05) is 17.4 Å². The van der Waals surface area contributed by atoms with Gasteiger partial charge in [-0.15, -0.1) is 0 Å². The molecule has 5 heteroatoms. The highest BCUT2D eigenvalue weighted by Crippen LogP contribution is 2.30. The van der Waals surface area contributed by atoms with Crippen LogP contribution in [-0.2, 0) is 0 Å². The number of hydrogen-bond acceptors (Lipinski definition) is 3. The van der Waals surface area contributed by atoms with Crippen LogP contribution in [-0.4, -0.2) is 7.11 Å². The molecule has 0 unspecified atom stereocenters. The Labute approximate surface area is 115 Å². The Hall–Kier alpha value is -1.58. The van der Waals surface area contributed by atoms with E-state index in [9.17, 15) is 0 Å². The summed E-state index contributed by atoms with van der Waals surface area (Å²) in [4.78, 5) is 0. The SMILES string of the molecule is COc1cc(Nc2ccc(Cl)c(Cl)c2)ccc1N. The van der Waals surface area contributed by atoms with Gasteiger partial charge >= 0.3 is 0 Å². The van der Waals surface area contributed by atoms with Crippen LogP contribution in [0.15, 0.2) is 36.4 Å². The van der Waals surface area contributed by atoms with E-state index in [1.807, 2.05) is 18.2 Å². The summed E-state index contributed by atoms with van der Waals surface area (Å²) in [6.07, 6.45) is 0. The van der Waals surface area contributed by atoms with Gasteiger partial charge in [0.1, 0.15) is 5.75 Å². The molecule has 0 spiro atoms. The van der Waals surface area contributed by atoms with E-state index in [4.69, 9.17) is 33.7 Å². The highest BCUT2D eigenvalue weighted by molar-refractivity contribution is 6.42. The van der Waals surface area contributed by atoms with Crippen LogP contribution in [0.4, 0.5) is 17.1 Å². The number of nitrogen functional groups attached to an aromatic ring is 1. The zero-order valence-corrected chi connectivity index (χ0v) is 11.2. The van der Waals surface area contributed by atoms with Gasteiger partial charge in [0.15, 0.2) is 0 Å². The van der Waals surface area contributed by atoms with E-state index in [1.54, 1.807) is 25.3 Å². The number of rotatable bonds is 3. The van der Waals surface area contributed by atoms with Crippen LogP contribution in [0.25, 0.3) is 0 Å². The Morgan fingerprint density at radius 3 is 2.33 bits per heavy atom. The van der Waals surface area contributed by atoms with Gasteiger partial charge in [0.05, 0.1) is 22.8 Å². The molecule has 3 nitrogen and oxygen atoms in total. The summed E-state index contributed by atoms with van der Waals surface area (Å²) >= 11 is 11.8. The number of benzene rings is 2. The topological polar surface area (TPSA) is 47.3 Å². The van der Waals surface area contributed by atoms with Crippen molar-refractivity contribution in [2.75, 3.05) is 18.2 Å².